The number of hydrogen-bond donors (Lipinski definition) is 1. The Morgan fingerprint density at radius 3 is 2.50 bits per heavy atom. The first-order valence-corrected chi connectivity index (χ1v) is 10.5. The van der Waals surface area contributed by atoms with Crippen LogP contribution in [0.15, 0.2) is 72.4 Å². The first-order chi connectivity index (χ1) is 15.4. The number of rotatable bonds is 5. The summed E-state index contributed by atoms with van der Waals surface area (Å²) in [6.07, 6.45) is 1.55. The van der Waals surface area contributed by atoms with Crippen molar-refractivity contribution < 1.29 is 19.4 Å². The van der Waals surface area contributed by atoms with Gasteiger partial charge in [0.05, 0.1) is 18.2 Å². The van der Waals surface area contributed by atoms with Gasteiger partial charge >= 0.3 is 5.91 Å². The number of aliphatic hydroxyl groups is 1. The van der Waals surface area contributed by atoms with E-state index in [0.717, 1.165) is 0 Å². The molecule has 3 aromatic rings. The molecule has 32 heavy (non-hydrogen) atoms. The lowest BCUT2D eigenvalue weighted by Gasteiger charge is -2.24. The second-order valence-electron chi connectivity index (χ2n) is 7.32. The molecule has 2 heterocycles. The Kier molecular flexibility index (Phi) is 5.97. The van der Waals surface area contributed by atoms with Crippen molar-refractivity contribution >= 4 is 34.9 Å². The predicted octanol–water partition coefficient (Wildman–Crippen LogP) is 5.07. The van der Waals surface area contributed by atoms with Gasteiger partial charge in [0.15, 0.2) is 0 Å². The zero-order valence-electron chi connectivity index (χ0n) is 17.6. The molecule has 162 valence electrons. The van der Waals surface area contributed by atoms with Crippen LogP contribution in [-0.4, -0.2) is 28.4 Å². The van der Waals surface area contributed by atoms with E-state index in [1.165, 1.54) is 4.90 Å². The molecule has 0 radical (unpaired) electrons. The summed E-state index contributed by atoms with van der Waals surface area (Å²) in [5.41, 5.74) is 1.79. The molecule has 1 N–H and O–H groups in total. The minimum atomic E-state index is -0.854. The molecule has 1 atom stereocenters. The predicted molar refractivity (Wildman–Crippen MR) is 123 cm³/mol. The van der Waals surface area contributed by atoms with Crippen LogP contribution in [0.1, 0.15) is 29.7 Å². The normalized spacial score (nSPS) is 17.6. The first kappa shape index (κ1) is 21.6. The average molecular weight is 449 g/mol. The van der Waals surface area contributed by atoms with Crippen LogP contribution < -0.4 is 9.64 Å². The number of amides is 1. The summed E-state index contributed by atoms with van der Waals surface area (Å²) in [5, 5.41) is 11.8. The third kappa shape index (κ3) is 3.85. The Balaban J connectivity index is 1.91. The molecule has 1 aliphatic heterocycles. The second kappa shape index (κ2) is 8.85. The summed E-state index contributed by atoms with van der Waals surface area (Å²) < 4.78 is 5.51. The Bertz CT molecular complexity index is 1210. The van der Waals surface area contributed by atoms with Gasteiger partial charge in [-0.05, 0) is 67.4 Å². The molecule has 1 aliphatic rings. The summed E-state index contributed by atoms with van der Waals surface area (Å²) in [7, 11) is 0. The van der Waals surface area contributed by atoms with Crippen molar-refractivity contribution in [2.45, 2.75) is 19.9 Å². The van der Waals surface area contributed by atoms with Crippen molar-refractivity contribution in [3.8, 4) is 5.75 Å². The van der Waals surface area contributed by atoms with E-state index in [4.69, 9.17) is 16.3 Å². The van der Waals surface area contributed by atoms with E-state index in [-0.39, 0.29) is 11.3 Å². The molecular weight excluding hydrogens is 428 g/mol. The summed E-state index contributed by atoms with van der Waals surface area (Å²) in [4.78, 5) is 31.8. The number of anilines is 1. The number of ether oxygens (including phenoxy) is 1. The Hall–Kier alpha value is -3.64. The van der Waals surface area contributed by atoms with Gasteiger partial charge in [-0.3, -0.25) is 14.5 Å². The van der Waals surface area contributed by atoms with Gasteiger partial charge in [0, 0.05) is 16.8 Å². The van der Waals surface area contributed by atoms with Gasteiger partial charge in [-0.2, -0.15) is 0 Å². The van der Waals surface area contributed by atoms with Crippen LogP contribution in [0.2, 0.25) is 5.02 Å². The molecule has 1 amide bonds. The van der Waals surface area contributed by atoms with E-state index < -0.39 is 17.7 Å². The lowest BCUT2D eigenvalue weighted by atomic mass is 9.94. The van der Waals surface area contributed by atoms with Crippen LogP contribution in [0, 0.1) is 6.92 Å². The topological polar surface area (TPSA) is 79.7 Å². The molecule has 1 fully saturated rings. The van der Waals surface area contributed by atoms with Crippen molar-refractivity contribution in [3.05, 3.63) is 94.1 Å². The maximum absolute atomic E-state index is 13.1. The van der Waals surface area contributed by atoms with Gasteiger partial charge < -0.3 is 9.84 Å². The van der Waals surface area contributed by atoms with Gasteiger partial charge in [-0.25, -0.2) is 4.98 Å². The highest BCUT2D eigenvalue weighted by atomic mass is 35.5. The number of carbonyl (C=O) groups is 2. The molecule has 6 nitrogen and oxygen atoms in total. The SMILES string of the molecule is CCOc1ccc(C(O)=C2C(=O)C(=O)N(c3ccccn3)[C@@H]2c2ccc(Cl)cc2)c(C)c1. The number of benzene rings is 2. The third-order valence-electron chi connectivity index (χ3n) is 5.29. The van der Waals surface area contributed by atoms with Gasteiger partial charge in [-0.1, -0.05) is 29.8 Å². The van der Waals surface area contributed by atoms with Crippen molar-refractivity contribution in [1.82, 2.24) is 4.98 Å². The van der Waals surface area contributed by atoms with E-state index in [2.05, 4.69) is 4.98 Å². The molecule has 1 saturated heterocycles. The fourth-order valence-electron chi connectivity index (χ4n) is 3.83. The zero-order chi connectivity index (χ0) is 22.8. The number of aliphatic hydroxyl groups excluding tert-OH is 1. The molecule has 2 aromatic carbocycles. The van der Waals surface area contributed by atoms with Crippen molar-refractivity contribution in [1.29, 1.82) is 0 Å². The number of Topliss-reactive ketones (excluding diaryl/α,β-unsaturated/α-hetero) is 1. The number of carbonyl (C=O) groups excluding carboxylic acids is 2. The van der Waals surface area contributed by atoms with E-state index in [1.807, 2.05) is 13.8 Å². The van der Waals surface area contributed by atoms with E-state index in [0.29, 0.717) is 39.9 Å². The number of nitrogens with zero attached hydrogens (tertiary/aromatic N) is 2. The lowest BCUT2D eigenvalue weighted by molar-refractivity contribution is -0.132. The summed E-state index contributed by atoms with van der Waals surface area (Å²) >= 11 is 6.05. The van der Waals surface area contributed by atoms with Crippen molar-refractivity contribution in [2.24, 2.45) is 0 Å². The fourth-order valence-corrected chi connectivity index (χ4v) is 3.95. The van der Waals surface area contributed by atoms with Gasteiger partial charge in [0.2, 0.25) is 0 Å². The Labute approximate surface area is 190 Å². The number of hydrogen-bond acceptors (Lipinski definition) is 5. The van der Waals surface area contributed by atoms with Gasteiger partial charge in [0.1, 0.15) is 17.3 Å². The van der Waals surface area contributed by atoms with Crippen LogP contribution in [-0.2, 0) is 9.59 Å². The van der Waals surface area contributed by atoms with Crippen LogP contribution in [0.4, 0.5) is 5.82 Å². The number of ketones is 1. The largest absolute Gasteiger partial charge is 0.507 e. The summed E-state index contributed by atoms with van der Waals surface area (Å²) in [6.45, 7) is 4.20. The fraction of sp³-hybridized carbons (Fsp3) is 0.160. The molecule has 4 rings (SSSR count). The van der Waals surface area contributed by atoms with Crippen LogP contribution in [0.5, 0.6) is 5.75 Å². The highest BCUT2D eigenvalue weighted by molar-refractivity contribution is 6.51. The molecule has 0 saturated carbocycles. The van der Waals surface area contributed by atoms with E-state index in [1.54, 1.807) is 66.9 Å². The minimum Gasteiger partial charge on any atom is -0.507 e. The van der Waals surface area contributed by atoms with Gasteiger partial charge in [0.25, 0.3) is 5.78 Å². The molecule has 0 aliphatic carbocycles. The third-order valence-corrected chi connectivity index (χ3v) is 5.54. The van der Waals surface area contributed by atoms with Crippen LogP contribution >= 0.6 is 11.6 Å². The Morgan fingerprint density at radius 1 is 1.12 bits per heavy atom. The maximum atomic E-state index is 13.1. The highest BCUT2D eigenvalue weighted by Crippen LogP contribution is 2.42. The quantitative estimate of drug-likeness (QED) is 0.335. The van der Waals surface area contributed by atoms with Crippen LogP contribution in [0.25, 0.3) is 5.76 Å². The Morgan fingerprint density at radius 2 is 1.88 bits per heavy atom. The minimum absolute atomic E-state index is 0.00441. The van der Waals surface area contributed by atoms with E-state index in [9.17, 15) is 14.7 Å². The average Bonchev–Trinajstić information content (AvgIpc) is 3.05. The smallest absolute Gasteiger partial charge is 0.301 e. The first-order valence-electron chi connectivity index (χ1n) is 10.1. The number of aromatic nitrogens is 1. The summed E-state index contributed by atoms with van der Waals surface area (Å²) in [6, 6.07) is 16.3. The molecular formula is C25H21ClN2O4. The lowest BCUT2D eigenvalue weighted by Crippen LogP contribution is -2.30. The molecule has 7 heteroatoms. The standard InChI is InChI=1S/C25H21ClN2O4/c1-3-32-18-11-12-19(15(2)14-18)23(29)21-22(16-7-9-17(26)10-8-16)28(25(31)24(21)30)20-6-4-5-13-27-20/h4-14,22,29H,3H2,1-2H3/t22-/m1/s1. The van der Waals surface area contributed by atoms with Crippen LogP contribution in [0.3, 0.4) is 0 Å². The zero-order valence-corrected chi connectivity index (χ0v) is 18.3. The number of aryl methyl sites for hydroxylation is 1. The van der Waals surface area contributed by atoms with Crippen molar-refractivity contribution in [2.75, 3.05) is 11.5 Å². The van der Waals surface area contributed by atoms with Gasteiger partial charge in [-0.15, -0.1) is 0 Å². The highest BCUT2D eigenvalue weighted by Gasteiger charge is 2.47. The molecule has 0 unspecified atom stereocenters. The molecule has 0 spiro atoms. The molecule has 0 bridgehead atoms. The van der Waals surface area contributed by atoms with E-state index >= 15 is 0 Å². The summed E-state index contributed by atoms with van der Waals surface area (Å²) in [5.74, 6) is -0.806. The second-order valence-corrected chi connectivity index (χ2v) is 7.75. The number of halogens is 1. The number of pyridine rings is 1. The monoisotopic (exact) mass is 448 g/mol. The molecule has 1 aromatic heterocycles. The van der Waals surface area contributed by atoms with Crippen molar-refractivity contribution in [3.63, 3.8) is 0 Å². The maximum Gasteiger partial charge on any atom is 0.301 e.